The topological polar surface area (TPSA) is 72.2 Å². The molecule has 1 saturated carbocycles. The minimum Gasteiger partial charge on any atom is -0.326 e. The van der Waals surface area contributed by atoms with Crippen LogP contribution in [0.1, 0.15) is 38.7 Å². The molecule has 0 aliphatic heterocycles. The summed E-state index contributed by atoms with van der Waals surface area (Å²) < 4.78 is 27.6. The molecule has 0 radical (unpaired) electrons. The number of hydrogen-bond acceptors (Lipinski definition) is 3. The summed E-state index contributed by atoms with van der Waals surface area (Å²) in [6, 6.07) is 6.94. The molecular formula is C14H22N2O2S. The Hall–Kier alpha value is -0.910. The maximum absolute atomic E-state index is 12.4. The summed E-state index contributed by atoms with van der Waals surface area (Å²) in [7, 11) is -3.47. The van der Waals surface area contributed by atoms with Gasteiger partial charge in [-0.15, -0.1) is 0 Å². The van der Waals surface area contributed by atoms with E-state index >= 15 is 0 Å². The molecule has 0 aromatic heterocycles. The van der Waals surface area contributed by atoms with Crippen molar-refractivity contribution in [1.29, 1.82) is 0 Å². The van der Waals surface area contributed by atoms with E-state index in [4.69, 9.17) is 5.73 Å². The summed E-state index contributed by atoms with van der Waals surface area (Å²) in [6.45, 7) is 4.58. The Kier molecular flexibility index (Phi) is 3.99. The summed E-state index contributed by atoms with van der Waals surface area (Å²) in [6.07, 6.45) is 2.84. The maximum atomic E-state index is 12.4. The zero-order valence-electron chi connectivity index (χ0n) is 11.5. The van der Waals surface area contributed by atoms with Gasteiger partial charge in [0.05, 0.1) is 4.90 Å². The first-order valence-electron chi connectivity index (χ1n) is 6.64. The van der Waals surface area contributed by atoms with Crippen LogP contribution in [0.5, 0.6) is 0 Å². The Labute approximate surface area is 115 Å². The monoisotopic (exact) mass is 282 g/mol. The van der Waals surface area contributed by atoms with Gasteiger partial charge >= 0.3 is 0 Å². The average molecular weight is 282 g/mol. The predicted octanol–water partition coefficient (Wildman–Crippen LogP) is 2.00. The molecular weight excluding hydrogens is 260 g/mol. The van der Waals surface area contributed by atoms with Gasteiger partial charge in [-0.3, -0.25) is 0 Å². The Morgan fingerprint density at radius 1 is 1.37 bits per heavy atom. The minimum atomic E-state index is -3.47. The van der Waals surface area contributed by atoms with E-state index in [9.17, 15) is 8.42 Å². The van der Waals surface area contributed by atoms with E-state index in [1.165, 1.54) is 0 Å². The van der Waals surface area contributed by atoms with Crippen LogP contribution in [-0.4, -0.2) is 14.5 Å². The molecule has 0 saturated heterocycles. The molecule has 1 unspecified atom stereocenters. The number of nitrogens with one attached hydrogen (secondary N) is 1. The van der Waals surface area contributed by atoms with Crippen molar-refractivity contribution in [2.45, 2.75) is 50.6 Å². The Balaban J connectivity index is 2.19. The van der Waals surface area contributed by atoms with Gasteiger partial charge in [0, 0.05) is 12.6 Å². The lowest BCUT2D eigenvalue weighted by atomic mass is 9.92. The van der Waals surface area contributed by atoms with Gasteiger partial charge in [0.2, 0.25) is 10.0 Å². The number of rotatable bonds is 4. The lowest BCUT2D eigenvalue weighted by Gasteiger charge is -2.18. The van der Waals surface area contributed by atoms with Crippen LogP contribution in [0.2, 0.25) is 0 Å². The largest absolute Gasteiger partial charge is 0.326 e. The Bertz CT molecular complexity index is 552. The van der Waals surface area contributed by atoms with Gasteiger partial charge in [-0.25, -0.2) is 13.1 Å². The van der Waals surface area contributed by atoms with Crippen LogP contribution in [0.3, 0.4) is 0 Å². The van der Waals surface area contributed by atoms with Crippen molar-refractivity contribution >= 4 is 10.0 Å². The lowest BCUT2D eigenvalue weighted by Crippen LogP contribution is -2.34. The number of hydrogen-bond donors (Lipinski definition) is 2. The summed E-state index contributed by atoms with van der Waals surface area (Å²) in [5, 5.41) is 0. The van der Waals surface area contributed by atoms with Crippen LogP contribution in [0.15, 0.2) is 29.2 Å². The van der Waals surface area contributed by atoms with Crippen LogP contribution < -0.4 is 10.5 Å². The van der Waals surface area contributed by atoms with Crippen LogP contribution in [0.4, 0.5) is 0 Å². The quantitative estimate of drug-likeness (QED) is 0.887. The van der Waals surface area contributed by atoms with Crippen molar-refractivity contribution < 1.29 is 8.42 Å². The molecule has 0 heterocycles. The highest BCUT2D eigenvalue weighted by Gasteiger charge is 2.33. The van der Waals surface area contributed by atoms with Gasteiger partial charge in [-0.2, -0.15) is 0 Å². The number of benzene rings is 1. The fourth-order valence-corrected chi connectivity index (χ4v) is 4.28. The lowest BCUT2D eigenvalue weighted by molar-refractivity contribution is 0.372. The fraction of sp³-hybridized carbons (Fsp3) is 0.571. The third-order valence-electron chi connectivity index (χ3n) is 3.77. The zero-order valence-corrected chi connectivity index (χ0v) is 12.3. The normalized spacial score (nSPS) is 22.6. The second-order valence-corrected chi connectivity index (χ2v) is 7.72. The fourth-order valence-electron chi connectivity index (χ4n) is 2.75. The van der Waals surface area contributed by atoms with Crippen LogP contribution >= 0.6 is 0 Å². The highest BCUT2D eigenvalue weighted by Crippen LogP contribution is 2.37. The number of nitrogens with two attached hydrogens (primary N) is 1. The third-order valence-corrected chi connectivity index (χ3v) is 5.39. The molecule has 4 nitrogen and oxygen atoms in total. The van der Waals surface area contributed by atoms with E-state index in [0.29, 0.717) is 10.5 Å². The molecule has 1 aromatic carbocycles. The molecule has 1 aromatic rings. The smallest absolute Gasteiger partial charge is 0.241 e. The van der Waals surface area contributed by atoms with Gasteiger partial charge in [-0.1, -0.05) is 32.0 Å². The van der Waals surface area contributed by atoms with Crippen molar-refractivity contribution in [2.24, 2.45) is 11.1 Å². The summed E-state index contributed by atoms with van der Waals surface area (Å²) >= 11 is 0. The van der Waals surface area contributed by atoms with Crippen LogP contribution in [0.25, 0.3) is 0 Å². The van der Waals surface area contributed by atoms with E-state index in [1.54, 1.807) is 24.3 Å². The van der Waals surface area contributed by atoms with Crippen molar-refractivity contribution in [1.82, 2.24) is 4.72 Å². The second kappa shape index (κ2) is 5.23. The molecule has 0 spiro atoms. The number of sulfonamides is 1. The first-order valence-corrected chi connectivity index (χ1v) is 8.13. The van der Waals surface area contributed by atoms with Crippen LogP contribution in [0, 0.1) is 5.41 Å². The summed E-state index contributed by atoms with van der Waals surface area (Å²) in [5.74, 6) is 0. The molecule has 0 amide bonds. The predicted molar refractivity (Wildman–Crippen MR) is 76.1 cm³/mol. The van der Waals surface area contributed by atoms with Gasteiger partial charge in [0.15, 0.2) is 0 Å². The molecule has 1 aliphatic carbocycles. The average Bonchev–Trinajstić information content (AvgIpc) is 2.67. The first-order chi connectivity index (χ1) is 8.84. The zero-order chi connectivity index (χ0) is 14.1. The first kappa shape index (κ1) is 14.5. The molecule has 5 heteroatoms. The van der Waals surface area contributed by atoms with Gasteiger partial charge in [0.1, 0.15) is 0 Å². The Morgan fingerprint density at radius 2 is 2.05 bits per heavy atom. The molecule has 106 valence electrons. The molecule has 3 N–H and O–H groups in total. The molecule has 1 atom stereocenters. The Morgan fingerprint density at radius 3 is 2.63 bits per heavy atom. The van der Waals surface area contributed by atoms with E-state index in [1.807, 2.05) is 0 Å². The van der Waals surface area contributed by atoms with Gasteiger partial charge in [-0.05, 0) is 36.3 Å². The van der Waals surface area contributed by atoms with Crippen LogP contribution in [-0.2, 0) is 16.6 Å². The third kappa shape index (κ3) is 3.35. The van der Waals surface area contributed by atoms with E-state index < -0.39 is 10.0 Å². The highest BCUT2D eigenvalue weighted by molar-refractivity contribution is 7.89. The van der Waals surface area contributed by atoms with Crippen molar-refractivity contribution in [3.05, 3.63) is 29.8 Å². The maximum Gasteiger partial charge on any atom is 0.241 e. The van der Waals surface area contributed by atoms with E-state index in [0.717, 1.165) is 19.3 Å². The summed E-state index contributed by atoms with van der Waals surface area (Å²) in [5.41, 5.74) is 6.49. The van der Waals surface area contributed by atoms with Gasteiger partial charge in [0.25, 0.3) is 0 Å². The van der Waals surface area contributed by atoms with E-state index in [2.05, 4.69) is 18.6 Å². The molecule has 2 rings (SSSR count). The molecule has 0 bridgehead atoms. The molecule has 19 heavy (non-hydrogen) atoms. The van der Waals surface area contributed by atoms with E-state index in [-0.39, 0.29) is 18.0 Å². The van der Waals surface area contributed by atoms with Gasteiger partial charge < -0.3 is 5.73 Å². The SMILES string of the molecule is CC1(C)CCC(NS(=O)(=O)c2ccccc2CN)C1. The highest BCUT2D eigenvalue weighted by atomic mass is 32.2. The summed E-state index contributed by atoms with van der Waals surface area (Å²) in [4.78, 5) is 0.308. The standard InChI is InChI=1S/C14H22N2O2S/c1-14(2)8-7-12(9-14)16-19(17,18)13-6-4-3-5-11(13)10-15/h3-6,12,16H,7-10,15H2,1-2H3. The van der Waals surface area contributed by atoms with Crippen molar-refractivity contribution in [2.75, 3.05) is 0 Å². The minimum absolute atomic E-state index is 0.0332. The molecule has 1 fully saturated rings. The molecule has 1 aliphatic rings. The van der Waals surface area contributed by atoms with Crippen molar-refractivity contribution in [3.8, 4) is 0 Å². The second-order valence-electron chi connectivity index (χ2n) is 6.04. The van der Waals surface area contributed by atoms with Crippen molar-refractivity contribution in [3.63, 3.8) is 0 Å².